The molecule has 7 nitrogen and oxygen atoms in total. The Labute approximate surface area is 237 Å². The van der Waals surface area contributed by atoms with Crippen LogP contribution in [0, 0.1) is 6.92 Å². The zero-order valence-corrected chi connectivity index (χ0v) is 24.2. The predicted molar refractivity (Wildman–Crippen MR) is 157 cm³/mol. The van der Waals surface area contributed by atoms with Crippen molar-refractivity contribution in [2.75, 3.05) is 19.5 Å². The van der Waals surface area contributed by atoms with Gasteiger partial charge in [0, 0.05) is 17.3 Å². The number of nitrogens with zero attached hydrogens (tertiary/aromatic N) is 2. The lowest BCUT2D eigenvalue weighted by Crippen LogP contribution is -2.40. The van der Waals surface area contributed by atoms with Crippen LogP contribution in [-0.4, -0.2) is 24.7 Å². The van der Waals surface area contributed by atoms with Crippen LogP contribution in [0.5, 0.6) is 11.5 Å². The van der Waals surface area contributed by atoms with E-state index in [2.05, 4.69) is 21.2 Å². The molecule has 9 heteroatoms. The van der Waals surface area contributed by atoms with E-state index in [1.54, 1.807) is 30.9 Å². The lowest BCUT2D eigenvalue weighted by atomic mass is 9.94. The monoisotopic (exact) mass is 603 g/mol. The van der Waals surface area contributed by atoms with Crippen LogP contribution in [0.4, 0.5) is 5.69 Å². The normalized spacial score (nSPS) is 15.0. The van der Waals surface area contributed by atoms with Crippen molar-refractivity contribution in [3.8, 4) is 11.5 Å². The molecule has 1 atom stereocenters. The summed E-state index contributed by atoms with van der Waals surface area (Å²) < 4.78 is 13.8. The molecule has 2 heterocycles. The smallest absolute Gasteiger partial charge is 0.271 e. The molecule has 1 aromatic heterocycles. The van der Waals surface area contributed by atoms with Crippen molar-refractivity contribution in [2.24, 2.45) is 4.99 Å². The Bertz CT molecular complexity index is 1770. The van der Waals surface area contributed by atoms with Crippen molar-refractivity contribution in [1.29, 1.82) is 0 Å². The van der Waals surface area contributed by atoms with Gasteiger partial charge >= 0.3 is 0 Å². The minimum absolute atomic E-state index is 0.240. The molecule has 0 saturated carbocycles. The molecule has 5 rings (SSSR count). The first-order valence-corrected chi connectivity index (χ1v) is 13.8. The Balaban J connectivity index is 1.69. The second-order valence-electron chi connectivity index (χ2n) is 9.04. The molecule has 1 aliphatic rings. The first kappa shape index (κ1) is 26.6. The zero-order chi connectivity index (χ0) is 27.7. The average molecular weight is 605 g/mol. The highest BCUT2D eigenvalue weighted by Crippen LogP contribution is 2.34. The summed E-state index contributed by atoms with van der Waals surface area (Å²) in [6.45, 7) is 3.81. The largest absolute Gasteiger partial charge is 0.496 e. The highest BCUT2D eigenvalue weighted by molar-refractivity contribution is 9.10. The third-order valence-corrected chi connectivity index (χ3v) is 8.08. The zero-order valence-electron chi connectivity index (χ0n) is 21.8. The van der Waals surface area contributed by atoms with Crippen LogP contribution in [0.2, 0.25) is 0 Å². The number of para-hydroxylation sites is 1. The number of allylic oxidation sites excluding steroid dienone is 1. The Morgan fingerprint density at radius 3 is 2.38 bits per heavy atom. The Hall–Kier alpha value is -3.95. The summed E-state index contributed by atoms with van der Waals surface area (Å²) in [7, 11) is 3.15. The van der Waals surface area contributed by atoms with Gasteiger partial charge in [-0.15, -0.1) is 0 Å². The highest BCUT2D eigenvalue weighted by atomic mass is 79.9. The van der Waals surface area contributed by atoms with Crippen LogP contribution < -0.4 is 29.7 Å². The van der Waals surface area contributed by atoms with Crippen molar-refractivity contribution in [3.63, 3.8) is 0 Å². The molecule has 3 aromatic carbocycles. The number of nitrogens with one attached hydrogen (secondary N) is 1. The molecule has 1 unspecified atom stereocenters. The van der Waals surface area contributed by atoms with Gasteiger partial charge in [0.25, 0.3) is 11.5 Å². The molecule has 0 bridgehead atoms. The SMILES string of the molecule is COc1cc(OC)c(/C=c2\sc3n(c2=O)C(c2ccc(C)cc2)C(C(=O)Nc2ccccc2)=C(C)N=3)cc1Br. The number of ether oxygens (including phenoxy) is 2. The number of carbonyl (C=O) groups is 1. The quantitative estimate of drug-likeness (QED) is 0.338. The van der Waals surface area contributed by atoms with Gasteiger partial charge in [-0.3, -0.25) is 14.2 Å². The molecule has 1 N–H and O–H groups in total. The highest BCUT2D eigenvalue weighted by Gasteiger charge is 2.32. The second-order valence-corrected chi connectivity index (χ2v) is 10.9. The molecule has 0 aliphatic carbocycles. The van der Waals surface area contributed by atoms with Gasteiger partial charge in [0.05, 0.1) is 40.5 Å². The van der Waals surface area contributed by atoms with Crippen molar-refractivity contribution in [3.05, 3.63) is 119 Å². The molecule has 198 valence electrons. The molecular formula is C30H26BrN3O4S. The molecule has 1 amide bonds. The lowest BCUT2D eigenvalue weighted by molar-refractivity contribution is -0.113. The van der Waals surface area contributed by atoms with Gasteiger partial charge in [0.15, 0.2) is 4.80 Å². The van der Waals surface area contributed by atoms with Gasteiger partial charge in [0.1, 0.15) is 11.5 Å². The van der Waals surface area contributed by atoms with Crippen molar-refractivity contribution < 1.29 is 14.3 Å². The van der Waals surface area contributed by atoms with Crippen molar-refractivity contribution in [2.45, 2.75) is 19.9 Å². The summed E-state index contributed by atoms with van der Waals surface area (Å²) in [6.07, 6.45) is 1.78. The summed E-state index contributed by atoms with van der Waals surface area (Å²) in [5, 5.41) is 2.97. The molecule has 0 spiro atoms. The fourth-order valence-corrected chi connectivity index (χ4v) is 6.09. The van der Waals surface area contributed by atoms with Gasteiger partial charge < -0.3 is 14.8 Å². The molecular weight excluding hydrogens is 578 g/mol. The second kappa shape index (κ2) is 11.0. The van der Waals surface area contributed by atoms with Crippen molar-refractivity contribution in [1.82, 2.24) is 4.57 Å². The number of aromatic nitrogens is 1. The number of amides is 1. The summed E-state index contributed by atoms with van der Waals surface area (Å²) in [4.78, 5) is 32.8. The van der Waals surface area contributed by atoms with Crippen molar-refractivity contribution >= 4 is 44.9 Å². The third-order valence-electron chi connectivity index (χ3n) is 6.48. The molecule has 0 saturated heterocycles. The van der Waals surface area contributed by atoms with Gasteiger partial charge in [-0.25, -0.2) is 4.99 Å². The average Bonchev–Trinajstić information content (AvgIpc) is 3.23. The maximum Gasteiger partial charge on any atom is 0.271 e. The maximum absolute atomic E-state index is 14.0. The number of benzene rings is 3. The van der Waals surface area contributed by atoms with E-state index < -0.39 is 6.04 Å². The number of carbonyl (C=O) groups excluding carboxylic acids is 1. The Morgan fingerprint density at radius 2 is 1.72 bits per heavy atom. The van der Waals surface area contributed by atoms with Crippen LogP contribution in [0.25, 0.3) is 6.08 Å². The number of hydrogen-bond acceptors (Lipinski definition) is 6. The lowest BCUT2D eigenvalue weighted by Gasteiger charge is -2.25. The summed E-state index contributed by atoms with van der Waals surface area (Å²) in [5.74, 6) is 0.882. The minimum Gasteiger partial charge on any atom is -0.496 e. The fraction of sp³-hybridized carbons (Fsp3) is 0.167. The minimum atomic E-state index is -0.641. The van der Waals surface area contributed by atoms with Crippen LogP contribution in [0.1, 0.15) is 29.7 Å². The van der Waals surface area contributed by atoms with E-state index in [1.165, 1.54) is 11.3 Å². The van der Waals surface area contributed by atoms with E-state index >= 15 is 0 Å². The van der Waals surface area contributed by atoms with E-state index in [4.69, 9.17) is 14.5 Å². The van der Waals surface area contributed by atoms with Gasteiger partial charge in [-0.1, -0.05) is 59.4 Å². The number of hydrogen-bond donors (Lipinski definition) is 1. The Kier molecular flexibility index (Phi) is 7.54. The van der Waals surface area contributed by atoms with Crippen LogP contribution in [0.3, 0.4) is 0 Å². The van der Waals surface area contributed by atoms with E-state index in [0.29, 0.717) is 43.4 Å². The third kappa shape index (κ3) is 5.20. The summed E-state index contributed by atoms with van der Waals surface area (Å²) >= 11 is 4.79. The van der Waals surface area contributed by atoms with Gasteiger partial charge in [-0.2, -0.15) is 0 Å². The maximum atomic E-state index is 14.0. The number of anilines is 1. The number of fused-ring (bicyclic) bond motifs is 1. The van der Waals surface area contributed by atoms with E-state index in [0.717, 1.165) is 15.6 Å². The van der Waals surface area contributed by atoms with E-state index in [-0.39, 0.29) is 11.5 Å². The predicted octanol–water partition coefficient (Wildman–Crippen LogP) is 4.96. The Morgan fingerprint density at radius 1 is 1.03 bits per heavy atom. The van der Waals surface area contributed by atoms with Crippen LogP contribution >= 0.6 is 27.3 Å². The van der Waals surface area contributed by atoms with Gasteiger partial charge in [-0.05, 0) is 59.6 Å². The number of thiazole rings is 1. The first-order valence-electron chi connectivity index (χ1n) is 12.2. The van der Waals surface area contributed by atoms with E-state index in [9.17, 15) is 9.59 Å². The number of aryl methyl sites for hydroxylation is 1. The molecule has 1 aliphatic heterocycles. The summed E-state index contributed by atoms with van der Waals surface area (Å²) in [5.41, 5.74) is 4.03. The number of halogens is 1. The molecule has 39 heavy (non-hydrogen) atoms. The standard InChI is InChI=1S/C30H26BrN3O4S/c1-17-10-12-19(13-11-17)27-26(28(35)33-21-8-6-5-7-9-21)18(2)32-30-34(27)29(36)25(39-30)15-20-14-22(31)24(38-4)16-23(20)37-3/h5-16,27H,1-4H3,(H,33,35)/b25-15-. The number of methoxy groups -OCH3 is 2. The van der Waals surface area contributed by atoms with Gasteiger partial charge in [0.2, 0.25) is 0 Å². The topological polar surface area (TPSA) is 81.9 Å². The molecule has 0 fully saturated rings. The van der Waals surface area contributed by atoms with Crippen LogP contribution in [0.15, 0.2) is 92.3 Å². The molecule has 4 aromatic rings. The number of rotatable bonds is 6. The van der Waals surface area contributed by atoms with Crippen LogP contribution in [-0.2, 0) is 4.79 Å². The van der Waals surface area contributed by atoms with E-state index in [1.807, 2.05) is 74.5 Å². The molecule has 0 radical (unpaired) electrons. The fourth-order valence-electron chi connectivity index (χ4n) is 4.53. The summed E-state index contributed by atoms with van der Waals surface area (Å²) in [6, 6.07) is 20.1. The first-order chi connectivity index (χ1) is 18.8.